The molecule has 0 aliphatic heterocycles. The van der Waals surface area contributed by atoms with Gasteiger partial charge in [0.15, 0.2) is 0 Å². The standard InChI is InChI=1S/C12H13FN2O3S2/c1-20(16,17)6-5-19-12-15-14-11(18-12)8-9-3-2-4-10(13)7-9/h2-4,7H,5-6,8H2,1H3. The number of benzene rings is 1. The predicted molar refractivity (Wildman–Crippen MR) is 73.9 cm³/mol. The minimum atomic E-state index is -2.99. The first-order valence-electron chi connectivity index (χ1n) is 5.80. The maximum absolute atomic E-state index is 13.0. The Labute approximate surface area is 120 Å². The molecule has 2 aromatic rings. The van der Waals surface area contributed by atoms with E-state index in [2.05, 4.69) is 10.2 Å². The summed E-state index contributed by atoms with van der Waals surface area (Å²) >= 11 is 1.19. The quantitative estimate of drug-likeness (QED) is 0.758. The molecule has 20 heavy (non-hydrogen) atoms. The summed E-state index contributed by atoms with van der Waals surface area (Å²) in [7, 11) is -2.99. The fraction of sp³-hybridized carbons (Fsp3) is 0.333. The highest BCUT2D eigenvalue weighted by Gasteiger charge is 2.09. The van der Waals surface area contributed by atoms with Crippen molar-refractivity contribution in [3.05, 3.63) is 41.5 Å². The van der Waals surface area contributed by atoms with Crippen LogP contribution in [0.2, 0.25) is 0 Å². The van der Waals surface area contributed by atoms with Gasteiger partial charge in [-0.1, -0.05) is 23.9 Å². The number of aromatic nitrogens is 2. The Kier molecular flexibility index (Phi) is 4.77. The van der Waals surface area contributed by atoms with Crippen molar-refractivity contribution in [1.82, 2.24) is 10.2 Å². The molecule has 0 saturated heterocycles. The molecular formula is C12H13FN2O3S2. The molecule has 108 valence electrons. The number of rotatable bonds is 6. The molecule has 1 aromatic carbocycles. The van der Waals surface area contributed by atoms with Crippen LogP contribution in [0.1, 0.15) is 11.5 Å². The summed E-state index contributed by atoms with van der Waals surface area (Å²) in [4.78, 5) is 0. The van der Waals surface area contributed by atoms with Crippen LogP contribution in [-0.2, 0) is 16.3 Å². The third-order valence-corrected chi connectivity index (χ3v) is 4.40. The minimum absolute atomic E-state index is 0.0548. The van der Waals surface area contributed by atoms with Crippen molar-refractivity contribution in [2.24, 2.45) is 0 Å². The zero-order valence-electron chi connectivity index (χ0n) is 10.7. The van der Waals surface area contributed by atoms with Crippen molar-refractivity contribution in [2.45, 2.75) is 11.6 Å². The van der Waals surface area contributed by atoms with E-state index >= 15 is 0 Å². The fourth-order valence-electron chi connectivity index (χ4n) is 1.47. The zero-order chi connectivity index (χ0) is 14.6. The van der Waals surface area contributed by atoms with Crippen molar-refractivity contribution >= 4 is 21.6 Å². The summed E-state index contributed by atoms with van der Waals surface area (Å²) in [5.41, 5.74) is 0.737. The number of nitrogens with zero attached hydrogens (tertiary/aromatic N) is 2. The molecule has 8 heteroatoms. The molecule has 0 bridgehead atoms. The van der Waals surface area contributed by atoms with E-state index in [0.29, 0.717) is 23.3 Å². The van der Waals surface area contributed by atoms with Gasteiger partial charge >= 0.3 is 0 Å². The lowest BCUT2D eigenvalue weighted by Gasteiger charge is -1.97. The number of sulfone groups is 1. The van der Waals surface area contributed by atoms with Gasteiger partial charge in [0.05, 0.1) is 12.2 Å². The first kappa shape index (κ1) is 15.0. The van der Waals surface area contributed by atoms with Gasteiger partial charge in [0.1, 0.15) is 15.7 Å². The smallest absolute Gasteiger partial charge is 0.276 e. The van der Waals surface area contributed by atoms with Gasteiger partial charge in [0, 0.05) is 12.0 Å². The highest BCUT2D eigenvalue weighted by molar-refractivity contribution is 8.00. The van der Waals surface area contributed by atoms with E-state index in [1.807, 2.05) is 0 Å². The van der Waals surface area contributed by atoms with E-state index in [1.165, 1.54) is 30.2 Å². The maximum Gasteiger partial charge on any atom is 0.276 e. The molecule has 0 aliphatic rings. The van der Waals surface area contributed by atoms with Crippen LogP contribution < -0.4 is 0 Å². The molecule has 0 fully saturated rings. The fourth-order valence-corrected chi connectivity index (χ4v) is 3.44. The highest BCUT2D eigenvalue weighted by atomic mass is 32.2. The van der Waals surface area contributed by atoms with E-state index in [4.69, 9.17) is 4.42 Å². The molecule has 1 aromatic heterocycles. The van der Waals surface area contributed by atoms with Gasteiger partial charge in [0.25, 0.3) is 5.22 Å². The Hall–Kier alpha value is -1.41. The van der Waals surface area contributed by atoms with E-state index in [-0.39, 0.29) is 11.6 Å². The van der Waals surface area contributed by atoms with Crippen molar-refractivity contribution in [3.8, 4) is 0 Å². The molecule has 0 saturated carbocycles. The van der Waals surface area contributed by atoms with E-state index in [1.54, 1.807) is 12.1 Å². The van der Waals surface area contributed by atoms with Gasteiger partial charge < -0.3 is 4.42 Å². The summed E-state index contributed by atoms with van der Waals surface area (Å²) in [5, 5.41) is 7.98. The Bertz CT molecular complexity index is 686. The lowest BCUT2D eigenvalue weighted by atomic mass is 10.1. The number of hydrogen-bond donors (Lipinski definition) is 0. The van der Waals surface area contributed by atoms with Crippen LogP contribution in [0, 0.1) is 5.82 Å². The summed E-state index contributed by atoms with van der Waals surface area (Å²) in [6.45, 7) is 0. The molecule has 0 amide bonds. The van der Waals surface area contributed by atoms with Crippen LogP contribution in [0.4, 0.5) is 4.39 Å². The van der Waals surface area contributed by atoms with Crippen molar-refractivity contribution in [3.63, 3.8) is 0 Å². The second-order valence-electron chi connectivity index (χ2n) is 4.25. The highest BCUT2D eigenvalue weighted by Crippen LogP contribution is 2.18. The second-order valence-corrected chi connectivity index (χ2v) is 7.55. The van der Waals surface area contributed by atoms with E-state index in [9.17, 15) is 12.8 Å². The lowest BCUT2D eigenvalue weighted by Crippen LogP contribution is -2.04. The molecular weight excluding hydrogens is 303 g/mol. The molecule has 0 aliphatic carbocycles. The van der Waals surface area contributed by atoms with Crippen LogP contribution in [0.15, 0.2) is 33.9 Å². The van der Waals surface area contributed by atoms with Gasteiger partial charge in [-0.3, -0.25) is 0 Å². The molecule has 0 N–H and O–H groups in total. The average Bonchev–Trinajstić information content (AvgIpc) is 2.75. The molecule has 0 spiro atoms. The van der Waals surface area contributed by atoms with Gasteiger partial charge in [-0.25, -0.2) is 12.8 Å². The van der Waals surface area contributed by atoms with Crippen molar-refractivity contribution in [1.29, 1.82) is 0 Å². The van der Waals surface area contributed by atoms with Crippen molar-refractivity contribution in [2.75, 3.05) is 17.8 Å². The summed E-state index contributed by atoms with van der Waals surface area (Å²) in [6, 6.07) is 6.15. The first-order valence-corrected chi connectivity index (χ1v) is 8.84. The van der Waals surface area contributed by atoms with Crippen LogP contribution in [-0.4, -0.2) is 36.4 Å². The lowest BCUT2D eigenvalue weighted by molar-refractivity contribution is 0.420. The van der Waals surface area contributed by atoms with Crippen LogP contribution in [0.25, 0.3) is 0 Å². The SMILES string of the molecule is CS(=O)(=O)CCSc1nnc(Cc2cccc(F)c2)o1. The summed E-state index contributed by atoms with van der Waals surface area (Å²) < 4.78 is 40.4. The molecule has 2 rings (SSSR count). The summed E-state index contributed by atoms with van der Waals surface area (Å²) in [5.74, 6) is 0.474. The molecule has 0 radical (unpaired) electrons. The monoisotopic (exact) mass is 316 g/mol. The molecule has 0 atom stereocenters. The van der Waals surface area contributed by atoms with Gasteiger partial charge in [-0.15, -0.1) is 10.2 Å². The number of thioether (sulfide) groups is 1. The van der Waals surface area contributed by atoms with Crippen LogP contribution in [0.3, 0.4) is 0 Å². The minimum Gasteiger partial charge on any atom is -0.416 e. The second kappa shape index (κ2) is 6.36. The Morgan fingerprint density at radius 1 is 1.35 bits per heavy atom. The van der Waals surface area contributed by atoms with E-state index < -0.39 is 9.84 Å². The topological polar surface area (TPSA) is 73.1 Å². The average molecular weight is 316 g/mol. The van der Waals surface area contributed by atoms with Gasteiger partial charge in [0.2, 0.25) is 5.89 Å². The van der Waals surface area contributed by atoms with Gasteiger partial charge in [-0.2, -0.15) is 0 Å². The normalized spacial score (nSPS) is 11.7. The van der Waals surface area contributed by atoms with Gasteiger partial charge in [-0.05, 0) is 17.7 Å². The number of halogens is 1. The Morgan fingerprint density at radius 3 is 2.85 bits per heavy atom. The Morgan fingerprint density at radius 2 is 2.15 bits per heavy atom. The van der Waals surface area contributed by atoms with E-state index in [0.717, 1.165) is 5.56 Å². The molecule has 5 nitrogen and oxygen atoms in total. The predicted octanol–water partition coefficient (Wildman–Crippen LogP) is 1.94. The first-order chi connectivity index (χ1) is 9.42. The van der Waals surface area contributed by atoms with Crippen molar-refractivity contribution < 1.29 is 17.2 Å². The maximum atomic E-state index is 13.0. The number of hydrogen-bond acceptors (Lipinski definition) is 6. The largest absolute Gasteiger partial charge is 0.416 e. The third kappa shape index (κ3) is 4.93. The zero-order valence-corrected chi connectivity index (χ0v) is 12.4. The molecule has 0 unspecified atom stereocenters. The van der Waals surface area contributed by atoms with Crippen LogP contribution >= 0.6 is 11.8 Å². The van der Waals surface area contributed by atoms with Crippen LogP contribution in [0.5, 0.6) is 0 Å². The third-order valence-electron chi connectivity index (χ3n) is 2.37. The molecule has 1 heterocycles. The Balaban J connectivity index is 1.92. The summed E-state index contributed by atoms with van der Waals surface area (Å²) in [6.07, 6.45) is 1.52.